The number of carbonyl (C=O) groups is 3. The van der Waals surface area contributed by atoms with Gasteiger partial charge in [-0.3, -0.25) is 14.4 Å². The zero-order chi connectivity index (χ0) is 28.5. The largest absolute Gasteiger partial charge is 0.378 e. The molecular formula is C32H28FN3O3S. The first-order valence-electron chi connectivity index (χ1n) is 12.5. The zero-order valence-electron chi connectivity index (χ0n) is 22.1. The Morgan fingerprint density at radius 1 is 0.800 bits per heavy atom. The van der Waals surface area contributed by atoms with Crippen LogP contribution in [0.25, 0.3) is 6.08 Å². The molecule has 0 aliphatic carbocycles. The summed E-state index contributed by atoms with van der Waals surface area (Å²) in [5.74, 6) is -1.17. The number of anilines is 2. The summed E-state index contributed by atoms with van der Waals surface area (Å²) in [5.41, 5.74) is 3.26. The topological polar surface area (TPSA) is 78.5 Å². The highest BCUT2D eigenvalue weighted by molar-refractivity contribution is 8.00. The van der Waals surface area contributed by atoms with Gasteiger partial charge in [-0.15, -0.1) is 11.8 Å². The minimum absolute atomic E-state index is 0.0924. The van der Waals surface area contributed by atoms with Gasteiger partial charge in [-0.1, -0.05) is 30.3 Å². The van der Waals surface area contributed by atoms with Crippen LogP contribution in [-0.4, -0.2) is 37.4 Å². The maximum Gasteiger partial charge on any atom is 0.272 e. The van der Waals surface area contributed by atoms with Crippen LogP contribution in [0, 0.1) is 5.82 Å². The predicted molar refractivity (Wildman–Crippen MR) is 159 cm³/mol. The average molecular weight is 554 g/mol. The van der Waals surface area contributed by atoms with E-state index in [9.17, 15) is 18.8 Å². The molecule has 0 unspecified atom stereocenters. The smallest absolute Gasteiger partial charge is 0.272 e. The van der Waals surface area contributed by atoms with Gasteiger partial charge in [0.2, 0.25) is 0 Å². The molecule has 2 N–H and O–H groups in total. The number of ketones is 1. The number of hydrogen-bond donors (Lipinski definition) is 2. The first-order chi connectivity index (χ1) is 19.3. The molecule has 0 aliphatic rings. The molecule has 0 aliphatic heterocycles. The Morgan fingerprint density at radius 3 is 2.08 bits per heavy atom. The van der Waals surface area contributed by atoms with Gasteiger partial charge in [0.25, 0.3) is 11.8 Å². The third kappa shape index (κ3) is 7.91. The summed E-state index contributed by atoms with van der Waals surface area (Å²) >= 11 is 1.34. The predicted octanol–water partition coefficient (Wildman–Crippen LogP) is 6.28. The monoisotopic (exact) mass is 553 g/mol. The van der Waals surface area contributed by atoms with Crippen molar-refractivity contribution in [3.05, 3.63) is 131 Å². The molecule has 4 rings (SSSR count). The summed E-state index contributed by atoms with van der Waals surface area (Å²) in [6.07, 6.45) is 1.63. The number of halogens is 1. The van der Waals surface area contributed by atoms with Crippen LogP contribution in [0.4, 0.5) is 15.8 Å². The van der Waals surface area contributed by atoms with Crippen molar-refractivity contribution >= 4 is 46.8 Å². The quantitative estimate of drug-likeness (QED) is 0.137. The number of rotatable bonds is 10. The van der Waals surface area contributed by atoms with Crippen molar-refractivity contribution in [1.29, 1.82) is 0 Å². The maximum atomic E-state index is 13.3. The molecular weight excluding hydrogens is 525 g/mol. The van der Waals surface area contributed by atoms with Crippen molar-refractivity contribution in [3.63, 3.8) is 0 Å². The number of hydrogen-bond acceptors (Lipinski definition) is 5. The second-order valence-electron chi connectivity index (χ2n) is 9.06. The second-order valence-corrected chi connectivity index (χ2v) is 10.1. The van der Waals surface area contributed by atoms with Crippen molar-refractivity contribution in [2.75, 3.05) is 30.1 Å². The van der Waals surface area contributed by atoms with Crippen molar-refractivity contribution in [2.45, 2.75) is 4.90 Å². The summed E-state index contributed by atoms with van der Waals surface area (Å²) in [6, 6.07) is 28.8. The lowest BCUT2D eigenvalue weighted by atomic mass is 10.1. The molecule has 0 saturated carbocycles. The molecule has 202 valence electrons. The van der Waals surface area contributed by atoms with Crippen LogP contribution in [0.15, 0.2) is 114 Å². The number of benzene rings is 4. The number of nitrogens with one attached hydrogen (secondary N) is 2. The Labute approximate surface area is 236 Å². The van der Waals surface area contributed by atoms with Crippen molar-refractivity contribution < 1.29 is 18.8 Å². The SMILES string of the molecule is CN(C)c1ccc(/C=C(\NC(=O)c2ccccc2)C(=O)Nc2ccc(SCC(=O)c3ccc(F)cc3)cc2)cc1. The van der Waals surface area contributed by atoms with Gasteiger partial charge in [0.1, 0.15) is 11.5 Å². The summed E-state index contributed by atoms with van der Waals surface area (Å²) in [4.78, 5) is 41.3. The molecule has 0 atom stereocenters. The van der Waals surface area contributed by atoms with Crippen LogP contribution in [0.5, 0.6) is 0 Å². The average Bonchev–Trinajstić information content (AvgIpc) is 2.97. The van der Waals surface area contributed by atoms with Crippen LogP contribution in [-0.2, 0) is 4.79 Å². The van der Waals surface area contributed by atoms with Gasteiger partial charge in [0, 0.05) is 41.5 Å². The van der Waals surface area contributed by atoms with Crippen LogP contribution in [0.3, 0.4) is 0 Å². The molecule has 0 fully saturated rings. The van der Waals surface area contributed by atoms with Gasteiger partial charge < -0.3 is 15.5 Å². The molecule has 0 saturated heterocycles. The number of thioether (sulfide) groups is 1. The molecule has 2 amide bonds. The van der Waals surface area contributed by atoms with Crippen LogP contribution in [0.2, 0.25) is 0 Å². The standard InChI is InChI=1S/C32H28FN3O3S/c1-36(2)27-16-8-22(9-17-27)20-29(35-31(38)24-6-4-3-5-7-24)32(39)34-26-14-18-28(19-15-26)40-21-30(37)23-10-12-25(33)13-11-23/h3-20H,21H2,1-2H3,(H,34,39)(H,35,38)/b29-20-. The van der Waals surface area contributed by atoms with Gasteiger partial charge in [0.15, 0.2) is 5.78 Å². The number of nitrogens with zero attached hydrogens (tertiary/aromatic N) is 1. The van der Waals surface area contributed by atoms with E-state index in [0.29, 0.717) is 16.8 Å². The Morgan fingerprint density at radius 2 is 1.45 bits per heavy atom. The van der Waals surface area contributed by atoms with E-state index in [4.69, 9.17) is 0 Å². The molecule has 4 aromatic carbocycles. The zero-order valence-corrected chi connectivity index (χ0v) is 22.9. The molecule has 0 radical (unpaired) electrons. The second kappa shape index (κ2) is 13.4. The van der Waals surface area contributed by atoms with E-state index in [0.717, 1.165) is 16.1 Å². The van der Waals surface area contributed by atoms with Crippen molar-refractivity contribution in [1.82, 2.24) is 5.32 Å². The lowest BCUT2D eigenvalue weighted by Crippen LogP contribution is -2.30. The van der Waals surface area contributed by atoms with Gasteiger partial charge in [-0.25, -0.2) is 4.39 Å². The Balaban J connectivity index is 1.45. The first-order valence-corrected chi connectivity index (χ1v) is 13.5. The van der Waals surface area contributed by atoms with E-state index in [2.05, 4.69) is 10.6 Å². The highest BCUT2D eigenvalue weighted by atomic mass is 32.2. The number of carbonyl (C=O) groups excluding carboxylic acids is 3. The fraction of sp³-hybridized carbons (Fsp3) is 0.0938. The summed E-state index contributed by atoms with van der Waals surface area (Å²) in [6.45, 7) is 0. The molecule has 4 aromatic rings. The fourth-order valence-electron chi connectivity index (χ4n) is 3.68. The third-order valence-electron chi connectivity index (χ3n) is 5.90. The van der Waals surface area contributed by atoms with Crippen molar-refractivity contribution in [3.8, 4) is 0 Å². The summed E-state index contributed by atoms with van der Waals surface area (Å²) in [7, 11) is 3.88. The van der Waals surface area contributed by atoms with E-state index < -0.39 is 11.8 Å². The minimum Gasteiger partial charge on any atom is -0.378 e. The first kappa shape index (κ1) is 28.3. The van der Waals surface area contributed by atoms with E-state index in [1.807, 2.05) is 49.3 Å². The van der Waals surface area contributed by atoms with Gasteiger partial charge in [-0.2, -0.15) is 0 Å². The third-order valence-corrected chi connectivity index (χ3v) is 6.91. The van der Waals surface area contributed by atoms with Crippen LogP contribution in [0.1, 0.15) is 26.3 Å². The van der Waals surface area contributed by atoms with Crippen molar-refractivity contribution in [2.24, 2.45) is 0 Å². The lowest BCUT2D eigenvalue weighted by Gasteiger charge is -2.13. The maximum absolute atomic E-state index is 13.3. The molecule has 8 heteroatoms. The summed E-state index contributed by atoms with van der Waals surface area (Å²) in [5, 5.41) is 5.57. The molecule has 6 nitrogen and oxygen atoms in total. The highest BCUT2D eigenvalue weighted by Crippen LogP contribution is 2.22. The normalized spacial score (nSPS) is 11.0. The van der Waals surface area contributed by atoms with E-state index in [1.54, 1.807) is 54.6 Å². The van der Waals surface area contributed by atoms with Gasteiger partial charge in [-0.05, 0) is 84.4 Å². The van der Waals surface area contributed by atoms with E-state index >= 15 is 0 Å². The fourth-order valence-corrected chi connectivity index (χ4v) is 4.47. The molecule has 0 spiro atoms. The molecule has 0 heterocycles. The lowest BCUT2D eigenvalue weighted by molar-refractivity contribution is -0.113. The van der Waals surface area contributed by atoms with Gasteiger partial charge >= 0.3 is 0 Å². The molecule has 0 aromatic heterocycles. The van der Waals surface area contributed by atoms with Crippen LogP contribution < -0.4 is 15.5 Å². The number of amides is 2. The molecule has 0 bridgehead atoms. The summed E-state index contributed by atoms with van der Waals surface area (Å²) < 4.78 is 13.1. The number of Topliss-reactive ketones (excluding diaryl/α,β-unsaturated/α-hetero) is 1. The van der Waals surface area contributed by atoms with E-state index in [1.165, 1.54) is 36.0 Å². The Hall–Kier alpha value is -4.69. The minimum atomic E-state index is -0.479. The molecule has 40 heavy (non-hydrogen) atoms. The van der Waals surface area contributed by atoms with E-state index in [-0.39, 0.29) is 23.1 Å². The Kier molecular flexibility index (Phi) is 9.48. The van der Waals surface area contributed by atoms with Gasteiger partial charge in [0.05, 0.1) is 5.75 Å². The Bertz CT molecular complexity index is 1500. The highest BCUT2D eigenvalue weighted by Gasteiger charge is 2.15. The van der Waals surface area contributed by atoms with Crippen LogP contribution >= 0.6 is 11.8 Å².